The normalized spacial score (nSPS) is 11.2. The van der Waals surface area contributed by atoms with Crippen molar-refractivity contribution in [1.29, 1.82) is 0 Å². The summed E-state index contributed by atoms with van der Waals surface area (Å²) < 4.78 is 10.7. The summed E-state index contributed by atoms with van der Waals surface area (Å²) in [5.74, 6) is 1.17. The fourth-order valence-corrected chi connectivity index (χ4v) is 2.59. The van der Waals surface area contributed by atoms with Gasteiger partial charge in [-0.2, -0.15) is 0 Å². The molecule has 0 atom stereocenters. The van der Waals surface area contributed by atoms with Gasteiger partial charge in [0.2, 0.25) is 0 Å². The Bertz CT molecular complexity index is 804. The average molecular weight is 338 g/mol. The van der Waals surface area contributed by atoms with Gasteiger partial charge in [-0.15, -0.1) is 0 Å². The number of carbonyl (C=O) groups is 1. The van der Waals surface area contributed by atoms with E-state index in [0.717, 1.165) is 22.4 Å². The number of ether oxygens (including phenoxy) is 2. The van der Waals surface area contributed by atoms with E-state index in [-0.39, 0.29) is 12.4 Å². The van der Waals surface area contributed by atoms with Gasteiger partial charge in [-0.3, -0.25) is 4.79 Å². The maximum absolute atomic E-state index is 12.1. The highest BCUT2D eigenvalue weighted by atomic mass is 16.5. The Morgan fingerprint density at radius 2 is 1.52 bits per heavy atom. The van der Waals surface area contributed by atoms with E-state index in [1.54, 1.807) is 25.3 Å². The van der Waals surface area contributed by atoms with Crippen LogP contribution in [0.1, 0.15) is 22.3 Å². The lowest BCUT2D eigenvalue weighted by atomic mass is 10.1. The molecular formula is C21H22O4. The minimum Gasteiger partial charge on any atom is -0.496 e. The number of aliphatic hydroxyl groups is 1. The van der Waals surface area contributed by atoms with Gasteiger partial charge in [0.05, 0.1) is 20.8 Å². The zero-order chi connectivity index (χ0) is 18.2. The van der Waals surface area contributed by atoms with Crippen LogP contribution in [0, 0.1) is 6.92 Å². The van der Waals surface area contributed by atoms with Gasteiger partial charge in [0.25, 0.3) is 0 Å². The zero-order valence-corrected chi connectivity index (χ0v) is 14.7. The first-order valence-electron chi connectivity index (χ1n) is 7.91. The number of benzene rings is 2. The molecule has 0 bridgehead atoms. The first kappa shape index (κ1) is 18.5. The second-order valence-electron chi connectivity index (χ2n) is 5.46. The van der Waals surface area contributed by atoms with E-state index in [1.807, 2.05) is 37.3 Å². The standard InChI is InChI=1S/C21H22O4/c1-15-6-4-7-16(20(15)24-2)10-12-19(23)13-11-17-8-5-9-18(14-22)21(17)25-3/h4-13,22H,14H2,1-3H3/b12-10+,13-11+. The van der Waals surface area contributed by atoms with E-state index in [9.17, 15) is 9.90 Å². The Labute approximate surface area is 148 Å². The molecule has 0 aliphatic carbocycles. The van der Waals surface area contributed by atoms with E-state index < -0.39 is 0 Å². The zero-order valence-electron chi connectivity index (χ0n) is 14.7. The monoisotopic (exact) mass is 338 g/mol. The largest absolute Gasteiger partial charge is 0.496 e. The molecule has 2 aromatic carbocycles. The predicted molar refractivity (Wildman–Crippen MR) is 99.7 cm³/mol. The number of para-hydroxylation sites is 2. The molecule has 0 aromatic heterocycles. The second kappa shape index (κ2) is 8.85. The van der Waals surface area contributed by atoms with E-state index in [2.05, 4.69) is 0 Å². The number of rotatable bonds is 7. The first-order valence-corrected chi connectivity index (χ1v) is 7.91. The van der Waals surface area contributed by atoms with Crippen LogP contribution in [0.4, 0.5) is 0 Å². The van der Waals surface area contributed by atoms with Gasteiger partial charge in [-0.05, 0) is 36.8 Å². The van der Waals surface area contributed by atoms with E-state index >= 15 is 0 Å². The molecule has 130 valence electrons. The lowest BCUT2D eigenvalue weighted by molar-refractivity contribution is -0.110. The quantitative estimate of drug-likeness (QED) is 0.780. The maximum atomic E-state index is 12.1. The van der Waals surface area contributed by atoms with Gasteiger partial charge in [0.15, 0.2) is 5.78 Å². The van der Waals surface area contributed by atoms with Gasteiger partial charge in [0, 0.05) is 16.7 Å². The van der Waals surface area contributed by atoms with Crippen molar-refractivity contribution in [3.05, 3.63) is 70.8 Å². The third-order valence-corrected chi connectivity index (χ3v) is 3.80. The number of aliphatic hydroxyl groups excluding tert-OH is 1. The average Bonchev–Trinajstić information content (AvgIpc) is 2.64. The third-order valence-electron chi connectivity index (χ3n) is 3.80. The topological polar surface area (TPSA) is 55.8 Å². The van der Waals surface area contributed by atoms with Crippen molar-refractivity contribution in [3.8, 4) is 11.5 Å². The molecule has 0 unspecified atom stereocenters. The number of carbonyl (C=O) groups excluding carboxylic acids is 1. The van der Waals surface area contributed by atoms with Crippen LogP contribution in [0.15, 0.2) is 48.6 Å². The van der Waals surface area contributed by atoms with E-state index in [4.69, 9.17) is 9.47 Å². The summed E-state index contributed by atoms with van der Waals surface area (Å²) in [6.07, 6.45) is 6.38. The van der Waals surface area contributed by atoms with Crippen molar-refractivity contribution in [2.24, 2.45) is 0 Å². The number of methoxy groups -OCH3 is 2. The summed E-state index contributed by atoms with van der Waals surface area (Å²) in [7, 11) is 3.15. The molecule has 0 heterocycles. The number of aryl methyl sites for hydroxylation is 1. The molecule has 0 saturated heterocycles. The highest BCUT2D eigenvalue weighted by Gasteiger charge is 2.06. The summed E-state index contributed by atoms with van der Waals surface area (Å²) in [5.41, 5.74) is 3.28. The molecule has 4 heteroatoms. The molecule has 0 spiro atoms. The SMILES string of the molecule is COc1c(C)cccc1/C=C/C(=O)/C=C/c1cccc(CO)c1OC. The molecule has 2 rings (SSSR count). The number of hydrogen-bond donors (Lipinski definition) is 1. The summed E-state index contributed by atoms with van der Waals surface area (Å²) in [6.45, 7) is 1.84. The third kappa shape index (κ3) is 4.58. The molecule has 0 saturated carbocycles. The van der Waals surface area contributed by atoms with Gasteiger partial charge in [-0.25, -0.2) is 0 Å². The fourth-order valence-electron chi connectivity index (χ4n) is 2.59. The van der Waals surface area contributed by atoms with Gasteiger partial charge >= 0.3 is 0 Å². The lowest BCUT2D eigenvalue weighted by Gasteiger charge is -2.09. The van der Waals surface area contributed by atoms with Crippen LogP contribution < -0.4 is 9.47 Å². The van der Waals surface area contributed by atoms with E-state index in [0.29, 0.717) is 11.3 Å². The van der Waals surface area contributed by atoms with Crippen LogP contribution >= 0.6 is 0 Å². The predicted octanol–water partition coefficient (Wildman–Crippen LogP) is 3.80. The van der Waals surface area contributed by atoms with Crippen LogP contribution in [-0.4, -0.2) is 25.1 Å². The highest BCUT2D eigenvalue weighted by molar-refractivity contribution is 6.04. The van der Waals surface area contributed by atoms with Gasteiger partial charge in [-0.1, -0.05) is 36.4 Å². The Kier molecular flexibility index (Phi) is 6.54. The van der Waals surface area contributed by atoms with Crippen LogP contribution in [0.25, 0.3) is 12.2 Å². The highest BCUT2D eigenvalue weighted by Crippen LogP contribution is 2.26. The Morgan fingerprint density at radius 1 is 0.960 bits per heavy atom. The van der Waals surface area contributed by atoms with Crippen molar-refractivity contribution in [1.82, 2.24) is 0 Å². The fraction of sp³-hybridized carbons (Fsp3) is 0.190. The van der Waals surface area contributed by atoms with Gasteiger partial charge < -0.3 is 14.6 Å². The minimum absolute atomic E-state index is 0.119. The van der Waals surface area contributed by atoms with Crippen LogP contribution in [0.5, 0.6) is 11.5 Å². The first-order chi connectivity index (χ1) is 12.1. The van der Waals surface area contributed by atoms with Crippen LogP contribution in [0.2, 0.25) is 0 Å². The molecule has 4 nitrogen and oxygen atoms in total. The molecule has 0 aliphatic heterocycles. The molecule has 0 fully saturated rings. The lowest BCUT2D eigenvalue weighted by Crippen LogP contribution is -1.95. The second-order valence-corrected chi connectivity index (χ2v) is 5.46. The molecule has 0 aliphatic rings. The molecule has 1 N–H and O–H groups in total. The molecule has 0 amide bonds. The minimum atomic E-state index is -0.153. The van der Waals surface area contributed by atoms with Gasteiger partial charge in [0.1, 0.15) is 11.5 Å². The summed E-state index contributed by atoms with van der Waals surface area (Å²) in [5, 5.41) is 9.34. The van der Waals surface area contributed by atoms with Crippen LogP contribution in [-0.2, 0) is 11.4 Å². The number of allylic oxidation sites excluding steroid dienone is 2. The molecule has 2 aromatic rings. The van der Waals surface area contributed by atoms with E-state index in [1.165, 1.54) is 19.3 Å². The summed E-state index contributed by atoms with van der Waals surface area (Å²) in [6, 6.07) is 11.2. The maximum Gasteiger partial charge on any atom is 0.178 e. The van der Waals surface area contributed by atoms with Crippen molar-refractivity contribution in [2.75, 3.05) is 14.2 Å². The molecular weight excluding hydrogens is 316 g/mol. The Balaban J connectivity index is 2.18. The van der Waals surface area contributed by atoms with Crippen molar-refractivity contribution in [2.45, 2.75) is 13.5 Å². The number of ketones is 1. The molecule has 25 heavy (non-hydrogen) atoms. The van der Waals surface area contributed by atoms with Crippen molar-refractivity contribution < 1.29 is 19.4 Å². The van der Waals surface area contributed by atoms with Crippen LogP contribution in [0.3, 0.4) is 0 Å². The van der Waals surface area contributed by atoms with Crippen molar-refractivity contribution in [3.63, 3.8) is 0 Å². The summed E-state index contributed by atoms with van der Waals surface area (Å²) in [4.78, 5) is 12.1. The smallest absolute Gasteiger partial charge is 0.178 e. The van der Waals surface area contributed by atoms with Crippen molar-refractivity contribution >= 4 is 17.9 Å². The number of hydrogen-bond acceptors (Lipinski definition) is 4. The Hall–Kier alpha value is -2.85. The summed E-state index contributed by atoms with van der Waals surface area (Å²) >= 11 is 0. The molecule has 0 radical (unpaired) electrons. The Morgan fingerprint density at radius 3 is 2.08 bits per heavy atom.